The maximum atomic E-state index is 10.2. The van der Waals surface area contributed by atoms with Crippen LogP contribution in [0, 0.1) is 17.8 Å². The average molecular weight is 301 g/mol. The highest BCUT2D eigenvalue weighted by atomic mass is 16.5. The van der Waals surface area contributed by atoms with Crippen molar-refractivity contribution >= 4 is 16.9 Å². The molecular weight excluding hydrogens is 278 g/mol. The molecule has 0 saturated heterocycles. The molecule has 2 heterocycles. The first kappa shape index (κ1) is 14.9. The maximum absolute atomic E-state index is 10.2. The summed E-state index contributed by atoms with van der Waals surface area (Å²) in [6.45, 7) is 13.4. The molecule has 0 bridgehead atoms. The van der Waals surface area contributed by atoms with Crippen molar-refractivity contribution in [3.63, 3.8) is 0 Å². The van der Waals surface area contributed by atoms with Crippen molar-refractivity contribution < 1.29 is 14.3 Å². The lowest BCUT2D eigenvalue weighted by Gasteiger charge is -2.30. The van der Waals surface area contributed by atoms with Crippen LogP contribution < -0.4 is 0 Å². The number of aromatic nitrogens is 1. The van der Waals surface area contributed by atoms with Gasteiger partial charge >= 0.3 is 0 Å². The molecule has 1 aliphatic rings. The van der Waals surface area contributed by atoms with Crippen LogP contribution in [0.2, 0.25) is 0 Å². The molecule has 0 atom stereocenters. The van der Waals surface area contributed by atoms with Crippen molar-refractivity contribution in [3.8, 4) is 5.75 Å². The molecule has 0 radical (unpaired) electrons. The zero-order chi connectivity index (χ0) is 16.3. The van der Waals surface area contributed by atoms with Gasteiger partial charge in [-0.25, -0.2) is 4.98 Å². The summed E-state index contributed by atoms with van der Waals surface area (Å²) in [7, 11) is 0. The molecule has 2 aromatic rings. The minimum atomic E-state index is -0.0323. The van der Waals surface area contributed by atoms with Crippen LogP contribution in [-0.2, 0) is 4.74 Å². The first-order valence-electron chi connectivity index (χ1n) is 7.58. The van der Waals surface area contributed by atoms with E-state index in [2.05, 4.69) is 39.6 Å². The van der Waals surface area contributed by atoms with Crippen molar-refractivity contribution in [2.45, 2.75) is 41.5 Å². The Morgan fingerprint density at radius 3 is 2.55 bits per heavy atom. The number of phenols is 1. The number of phenolic OH excluding ortho intramolecular Hbond substituents is 1. The number of oxazole rings is 1. The van der Waals surface area contributed by atoms with Crippen molar-refractivity contribution in [3.05, 3.63) is 29.2 Å². The summed E-state index contributed by atoms with van der Waals surface area (Å²) in [5.41, 5.74) is 3.14. The van der Waals surface area contributed by atoms with Crippen LogP contribution in [0.25, 0.3) is 16.9 Å². The standard InChI is InChI=1S/C18H23NO3/c1-10-19-14-12(20)7-11(8-13(14)22-10)15-16(17(2,3)4)18(5,6)9-21-15/h7-8,20H,9H2,1-6H3. The Kier molecular flexibility index (Phi) is 3.06. The highest BCUT2D eigenvalue weighted by Crippen LogP contribution is 2.50. The first-order chi connectivity index (χ1) is 10.1. The van der Waals surface area contributed by atoms with Crippen molar-refractivity contribution in [2.24, 2.45) is 10.8 Å². The number of rotatable bonds is 1. The lowest BCUT2D eigenvalue weighted by Crippen LogP contribution is -2.24. The molecule has 0 unspecified atom stereocenters. The second-order valence-corrected chi connectivity index (χ2v) is 7.70. The van der Waals surface area contributed by atoms with Gasteiger partial charge in [-0.05, 0) is 23.1 Å². The second kappa shape index (κ2) is 4.51. The van der Waals surface area contributed by atoms with Crippen LogP contribution in [0.15, 0.2) is 22.1 Å². The molecule has 0 saturated carbocycles. The van der Waals surface area contributed by atoms with Gasteiger partial charge in [-0.3, -0.25) is 0 Å². The van der Waals surface area contributed by atoms with Gasteiger partial charge in [-0.1, -0.05) is 34.6 Å². The molecular formula is C18H23NO3. The fourth-order valence-corrected chi connectivity index (χ4v) is 3.54. The number of nitrogens with zero attached hydrogens (tertiary/aromatic N) is 1. The number of hydrogen-bond donors (Lipinski definition) is 1. The van der Waals surface area contributed by atoms with Crippen LogP contribution in [0.3, 0.4) is 0 Å². The SMILES string of the molecule is Cc1nc2c(O)cc(C3=C(C(C)(C)C)C(C)(C)CO3)cc2o1. The Morgan fingerprint density at radius 2 is 1.91 bits per heavy atom. The van der Waals surface area contributed by atoms with E-state index in [0.717, 1.165) is 11.3 Å². The highest BCUT2D eigenvalue weighted by molar-refractivity contribution is 5.84. The summed E-state index contributed by atoms with van der Waals surface area (Å²) in [5.74, 6) is 1.52. The van der Waals surface area contributed by atoms with Crippen LogP contribution in [0.5, 0.6) is 5.75 Å². The normalized spacial score (nSPS) is 18.1. The van der Waals surface area contributed by atoms with E-state index in [1.165, 1.54) is 5.57 Å². The van der Waals surface area contributed by atoms with Gasteiger partial charge in [0.25, 0.3) is 0 Å². The summed E-state index contributed by atoms with van der Waals surface area (Å²) in [4.78, 5) is 4.20. The molecule has 1 aromatic carbocycles. The van der Waals surface area contributed by atoms with E-state index in [0.29, 0.717) is 23.6 Å². The topological polar surface area (TPSA) is 55.5 Å². The molecule has 22 heavy (non-hydrogen) atoms. The fraction of sp³-hybridized carbons (Fsp3) is 0.500. The third-order valence-corrected chi connectivity index (χ3v) is 4.08. The molecule has 1 aliphatic heterocycles. The van der Waals surface area contributed by atoms with E-state index in [4.69, 9.17) is 9.15 Å². The fourth-order valence-electron chi connectivity index (χ4n) is 3.54. The summed E-state index contributed by atoms with van der Waals surface area (Å²) in [6.07, 6.45) is 0. The maximum Gasteiger partial charge on any atom is 0.192 e. The lowest BCUT2D eigenvalue weighted by molar-refractivity contribution is 0.213. The highest BCUT2D eigenvalue weighted by Gasteiger charge is 2.41. The average Bonchev–Trinajstić information content (AvgIpc) is 2.87. The third-order valence-electron chi connectivity index (χ3n) is 4.08. The molecule has 3 rings (SSSR count). The summed E-state index contributed by atoms with van der Waals surface area (Å²) in [5, 5.41) is 10.2. The molecule has 0 spiro atoms. The minimum absolute atomic E-state index is 0.0166. The molecule has 118 valence electrons. The summed E-state index contributed by atoms with van der Waals surface area (Å²) in [6, 6.07) is 3.62. The van der Waals surface area contributed by atoms with Crippen LogP contribution >= 0.6 is 0 Å². The van der Waals surface area contributed by atoms with Crippen molar-refractivity contribution in [1.29, 1.82) is 0 Å². The Balaban J connectivity index is 2.25. The molecule has 0 amide bonds. The van der Waals surface area contributed by atoms with Crippen LogP contribution in [0.4, 0.5) is 0 Å². The number of aryl methyl sites for hydroxylation is 1. The van der Waals surface area contributed by atoms with Gasteiger partial charge in [-0.15, -0.1) is 0 Å². The zero-order valence-corrected chi connectivity index (χ0v) is 14.1. The molecule has 0 fully saturated rings. The molecule has 0 aliphatic carbocycles. The van der Waals surface area contributed by atoms with Crippen LogP contribution in [-0.4, -0.2) is 16.7 Å². The number of hydrogen-bond acceptors (Lipinski definition) is 4. The quantitative estimate of drug-likeness (QED) is 0.832. The molecule has 1 aromatic heterocycles. The Hall–Kier alpha value is -1.97. The summed E-state index contributed by atoms with van der Waals surface area (Å²) < 4.78 is 11.6. The number of fused-ring (bicyclic) bond motifs is 1. The Bertz CT molecular complexity index is 775. The van der Waals surface area contributed by atoms with Gasteiger partial charge in [0.1, 0.15) is 11.5 Å². The lowest BCUT2D eigenvalue weighted by atomic mass is 9.71. The predicted molar refractivity (Wildman–Crippen MR) is 86.5 cm³/mol. The van der Waals surface area contributed by atoms with Crippen molar-refractivity contribution in [1.82, 2.24) is 4.98 Å². The van der Waals surface area contributed by atoms with E-state index in [-0.39, 0.29) is 16.6 Å². The summed E-state index contributed by atoms with van der Waals surface area (Å²) >= 11 is 0. The Morgan fingerprint density at radius 1 is 1.23 bits per heavy atom. The first-order valence-corrected chi connectivity index (χ1v) is 7.58. The number of benzene rings is 1. The van der Waals surface area contributed by atoms with Gasteiger partial charge in [0.05, 0.1) is 6.61 Å². The van der Waals surface area contributed by atoms with Gasteiger partial charge in [0, 0.05) is 17.9 Å². The van der Waals surface area contributed by atoms with E-state index < -0.39 is 0 Å². The smallest absolute Gasteiger partial charge is 0.192 e. The van der Waals surface area contributed by atoms with Crippen LogP contribution in [0.1, 0.15) is 46.1 Å². The predicted octanol–water partition coefficient (Wildman–Crippen LogP) is 4.66. The van der Waals surface area contributed by atoms with Gasteiger partial charge in [0.2, 0.25) is 0 Å². The van der Waals surface area contributed by atoms with E-state index in [1.54, 1.807) is 13.0 Å². The molecule has 1 N–H and O–H groups in total. The van der Waals surface area contributed by atoms with E-state index in [9.17, 15) is 5.11 Å². The zero-order valence-electron chi connectivity index (χ0n) is 14.1. The van der Waals surface area contributed by atoms with Gasteiger partial charge in [0.15, 0.2) is 17.0 Å². The van der Waals surface area contributed by atoms with Gasteiger partial charge in [-0.2, -0.15) is 0 Å². The van der Waals surface area contributed by atoms with E-state index >= 15 is 0 Å². The number of aromatic hydroxyl groups is 1. The third kappa shape index (κ3) is 2.27. The monoisotopic (exact) mass is 301 g/mol. The largest absolute Gasteiger partial charge is 0.506 e. The second-order valence-electron chi connectivity index (χ2n) is 7.70. The van der Waals surface area contributed by atoms with Crippen molar-refractivity contribution in [2.75, 3.05) is 6.61 Å². The molecule has 4 heteroatoms. The number of ether oxygens (including phenoxy) is 1. The minimum Gasteiger partial charge on any atom is -0.506 e. The van der Waals surface area contributed by atoms with Gasteiger partial charge < -0.3 is 14.3 Å². The van der Waals surface area contributed by atoms with E-state index in [1.807, 2.05) is 6.07 Å². The Labute approximate surface area is 130 Å². The molecule has 4 nitrogen and oxygen atoms in total.